The number of nitrogens with zero attached hydrogens (tertiary/aromatic N) is 4. The molecule has 2 saturated carbocycles. The minimum Gasteiger partial charge on any atom is -0.282 e. The van der Waals surface area contributed by atoms with Crippen molar-refractivity contribution in [2.24, 2.45) is 5.11 Å². The minimum atomic E-state index is 0.463. The second-order valence-corrected chi connectivity index (χ2v) is 4.79. The van der Waals surface area contributed by atoms with Crippen LogP contribution in [-0.4, -0.2) is 10.2 Å². The zero-order valence-electron chi connectivity index (χ0n) is 9.19. The van der Waals surface area contributed by atoms with E-state index in [-0.39, 0.29) is 0 Å². The number of hydrogen-bond acceptors (Lipinski definition) is 2. The molecular formula is C11H15N5. The van der Waals surface area contributed by atoms with Gasteiger partial charge in [0.25, 0.3) is 0 Å². The van der Waals surface area contributed by atoms with Gasteiger partial charge in [0.15, 0.2) is 0 Å². The molecule has 1 aromatic heterocycles. The van der Waals surface area contributed by atoms with Crippen molar-refractivity contribution in [3.63, 3.8) is 0 Å². The van der Waals surface area contributed by atoms with Crippen molar-refractivity contribution in [3.05, 3.63) is 27.4 Å². The average molecular weight is 217 g/mol. The molecule has 5 nitrogen and oxygen atoms in total. The Hall–Kier alpha value is -1.48. The Morgan fingerprint density at radius 1 is 1.31 bits per heavy atom. The van der Waals surface area contributed by atoms with Gasteiger partial charge in [-0.15, -0.1) is 0 Å². The molecule has 3 rings (SSSR count). The van der Waals surface area contributed by atoms with E-state index >= 15 is 0 Å². The third-order valence-electron chi connectivity index (χ3n) is 3.70. The maximum atomic E-state index is 8.44. The summed E-state index contributed by atoms with van der Waals surface area (Å²) in [5.74, 6) is 1.25. The summed E-state index contributed by atoms with van der Waals surface area (Å²) in [6, 6.07) is 0. The molecule has 1 N–H and O–H groups in total. The molecule has 0 amide bonds. The zero-order valence-corrected chi connectivity index (χ0v) is 9.19. The van der Waals surface area contributed by atoms with Crippen LogP contribution in [0.4, 0.5) is 0 Å². The maximum absolute atomic E-state index is 8.44. The molecule has 0 radical (unpaired) electrons. The fourth-order valence-electron chi connectivity index (χ4n) is 2.39. The average Bonchev–Trinajstić information content (AvgIpc) is 2.97. The van der Waals surface area contributed by atoms with E-state index in [0.717, 1.165) is 0 Å². The monoisotopic (exact) mass is 217 g/mol. The lowest BCUT2D eigenvalue weighted by atomic mass is 9.81. The first kappa shape index (κ1) is 9.73. The molecular weight excluding hydrogens is 202 g/mol. The molecule has 1 heterocycles. The molecule has 0 unspecified atom stereocenters. The Balaban J connectivity index is 1.92. The summed E-state index contributed by atoms with van der Waals surface area (Å²) in [5, 5.41) is 11.3. The van der Waals surface area contributed by atoms with E-state index in [1.54, 1.807) is 0 Å². The standard InChI is InChI=1S/C11H15N5/c12-16-13-6-9-10(7-2-1-3-7)14-15-11(9)8-4-5-8/h7-8H,1-6H2,(H,14,15). The molecule has 2 aliphatic rings. The van der Waals surface area contributed by atoms with Crippen LogP contribution in [0, 0.1) is 0 Å². The Morgan fingerprint density at radius 2 is 2.12 bits per heavy atom. The van der Waals surface area contributed by atoms with Crippen molar-refractivity contribution in [2.45, 2.75) is 50.5 Å². The lowest BCUT2D eigenvalue weighted by Gasteiger charge is -2.24. The molecule has 1 aromatic rings. The Bertz CT molecular complexity index is 435. The van der Waals surface area contributed by atoms with Crippen molar-refractivity contribution in [1.29, 1.82) is 0 Å². The van der Waals surface area contributed by atoms with Crippen LogP contribution < -0.4 is 0 Å². The van der Waals surface area contributed by atoms with E-state index in [9.17, 15) is 0 Å². The maximum Gasteiger partial charge on any atom is 0.0689 e. The number of aromatic nitrogens is 2. The van der Waals surface area contributed by atoms with Crippen molar-refractivity contribution >= 4 is 0 Å². The predicted octanol–water partition coefficient (Wildman–Crippen LogP) is 3.36. The van der Waals surface area contributed by atoms with Gasteiger partial charge in [-0.25, -0.2) is 0 Å². The normalized spacial score (nSPS) is 20.2. The smallest absolute Gasteiger partial charge is 0.0689 e. The number of azide groups is 1. The van der Waals surface area contributed by atoms with Crippen LogP contribution in [0.1, 0.15) is 60.9 Å². The Kier molecular flexibility index (Phi) is 2.33. The number of aromatic amines is 1. The molecule has 0 bridgehead atoms. The zero-order chi connectivity index (χ0) is 11.0. The van der Waals surface area contributed by atoms with Gasteiger partial charge in [-0.05, 0) is 31.2 Å². The second kappa shape index (κ2) is 3.83. The summed E-state index contributed by atoms with van der Waals surface area (Å²) in [5.41, 5.74) is 12.0. The first-order valence-corrected chi connectivity index (χ1v) is 5.98. The van der Waals surface area contributed by atoms with Crippen molar-refractivity contribution in [3.8, 4) is 0 Å². The van der Waals surface area contributed by atoms with Gasteiger partial charge < -0.3 is 0 Å². The molecule has 0 aliphatic heterocycles. The van der Waals surface area contributed by atoms with Crippen molar-refractivity contribution in [2.75, 3.05) is 0 Å². The largest absolute Gasteiger partial charge is 0.282 e. The summed E-state index contributed by atoms with van der Waals surface area (Å²) >= 11 is 0. The van der Waals surface area contributed by atoms with E-state index in [1.165, 1.54) is 49.1 Å². The van der Waals surface area contributed by atoms with Crippen LogP contribution in [0.25, 0.3) is 10.4 Å². The van der Waals surface area contributed by atoms with E-state index in [4.69, 9.17) is 5.53 Å². The lowest BCUT2D eigenvalue weighted by molar-refractivity contribution is 0.408. The number of rotatable bonds is 4. The van der Waals surface area contributed by atoms with Gasteiger partial charge in [0, 0.05) is 28.0 Å². The van der Waals surface area contributed by atoms with Gasteiger partial charge in [-0.1, -0.05) is 11.5 Å². The van der Waals surface area contributed by atoms with E-state index in [0.29, 0.717) is 18.4 Å². The third kappa shape index (κ3) is 1.57. The number of hydrogen-bond donors (Lipinski definition) is 1. The fourth-order valence-corrected chi connectivity index (χ4v) is 2.39. The highest BCUT2D eigenvalue weighted by atomic mass is 15.2. The molecule has 0 saturated heterocycles. The Labute approximate surface area is 93.9 Å². The second-order valence-electron chi connectivity index (χ2n) is 4.79. The SMILES string of the molecule is [N-]=[N+]=NCc1c(C2CCC2)n[nH]c1C1CC1. The van der Waals surface area contributed by atoms with Crippen LogP contribution in [0.3, 0.4) is 0 Å². The predicted molar refractivity (Wildman–Crippen MR) is 60.0 cm³/mol. The topological polar surface area (TPSA) is 77.4 Å². The van der Waals surface area contributed by atoms with E-state index in [2.05, 4.69) is 20.2 Å². The van der Waals surface area contributed by atoms with Crippen LogP contribution in [-0.2, 0) is 6.54 Å². The Morgan fingerprint density at radius 3 is 2.69 bits per heavy atom. The summed E-state index contributed by atoms with van der Waals surface area (Å²) in [4.78, 5) is 2.86. The summed E-state index contributed by atoms with van der Waals surface area (Å²) in [6.45, 7) is 0.463. The van der Waals surface area contributed by atoms with E-state index in [1.807, 2.05) is 0 Å². The van der Waals surface area contributed by atoms with Crippen LogP contribution in [0.5, 0.6) is 0 Å². The van der Waals surface area contributed by atoms with Crippen LogP contribution in [0.2, 0.25) is 0 Å². The molecule has 0 aromatic carbocycles. The van der Waals surface area contributed by atoms with Gasteiger partial charge in [0.1, 0.15) is 0 Å². The first-order valence-electron chi connectivity index (χ1n) is 5.98. The van der Waals surface area contributed by atoms with Crippen molar-refractivity contribution in [1.82, 2.24) is 10.2 Å². The van der Waals surface area contributed by atoms with Gasteiger partial charge in [0.2, 0.25) is 0 Å². The number of H-pyrrole nitrogens is 1. The summed E-state index contributed by atoms with van der Waals surface area (Å²) < 4.78 is 0. The van der Waals surface area contributed by atoms with E-state index < -0.39 is 0 Å². The lowest BCUT2D eigenvalue weighted by Crippen LogP contribution is -2.11. The molecule has 5 heteroatoms. The van der Waals surface area contributed by atoms with Crippen LogP contribution >= 0.6 is 0 Å². The van der Waals surface area contributed by atoms with Crippen LogP contribution in [0.15, 0.2) is 5.11 Å². The highest BCUT2D eigenvalue weighted by Crippen LogP contribution is 2.44. The van der Waals surface area contributed by atoms with Gasteiger partial charge in [-0.3, -0.25) is 5.10 Å². The molecule has 0 spiro atoms. The molecule has 16 heavy (non-hydrogen) atoms. The van der Waals surface area contributed by atoms with Gasteiger partial charge in [0.05, 0.1) is 12.2 Å². The molecule has 84 valence electrons. The fraction of sp³-hybridized carbons (Fsp3) is 0.727. The van der Waals surface area contributed by atoms with Crippen molar-refractivity contribution < 1.29 is 0 Å². The first-order chi connectivity index (χ1) is 7.90. The third-order valence-corrected chi connectivity index (χ3v) is 3.70. The highest BCUT2D eigenvalue weighted by Gasteiger charge is 2.32. The summed E-state index contributed by atoms with van der Waals surface area (Å²) in [6.07, 6.45) is 6.26. The molecule has 2 aliphatic carbocycles. The highest BCUT2D eigenvalue weighted by molar-refractivity contribution is 5.33. The molecule has 0 atom stereocenters. The summed E-state index contributed by atoms with van der Waals surface area (Å²) in [7, 11) is 0. The quantitative estimate of drug-likeness (QED) is 0.468. The molecule has 2 fully saturated rings. The van der Waals surface area contributed by atoms with Gasteiger partial charge >= 0.3 is 0 Å². The van der Waals surface area contributed by atoms with Gasteiger partial charge in [-0.2, -0.15) is 5.10 Å². The number of nitrogens with one attached hydrogen (secondary N) is 1. The minimum absolute atomic E-state index is 0.463.